The molecule has 0 spiro atoms. The summed E-state index contributed by atoms with van der Waals surface area (Å²) in [7, 11) is 0. The van der Waals surface area contributed by atoms with Gasteiger partial charge in [0.05, 0.1) is 5.69 Å². The van der Waals surface area contributed by atoms with Crippen molar-refractivity contribution in [1.82, 2.24) is 4.98 Å². The van der Waals surface area contributed by atoms with Crippen LogP contribution in [0.15, 0.2) is 36.5 Å². The Balaban J connectivity index is 2.22. The predicted molar refractivity (Wildman–Crippen MR) is 67.7 cm³/mol. The van der Waals surface area contributed by atoms with Gasteiger partial charge in [0, 0.05) is 11.9 Å². The number of nitrogens with one attached hydrogen (secondary N) is 1. The fraction of sp³-hybridized carbons (Fsp3) is 0.0769. The second-order valence-corrected chi connectivity index (χ2v) is 3.86. The van der Waals surface area contributed by atoms with Gasteiger partial charge in [0.25, 0.3) is 5.91 Å². The average Bonchev–Trinajstić information content (AvgIpc) is 2.34. The number of halogens is 1. The van der Waals surface area contributed by atoms with Crippen LogP contribution < -0.4 is 11.1 Å². The molecule has 0 unspecified atom stereocenters. The summed E-state index contributed by atoms with van der Waals surface area (Å²) < 4.78 is 13.2. The van der Waals surface area contributed by atoms with E-state index in [1.54, 1.807) is 19.1 Å². The summed E-state index contributed by atoms with van der Waals surface area (Å²) in [6.07, 6.45) is 1.53. The van der Waals surface area contributed by atoms with E-state index in [0.29, 0.717) is 11.4 Å². The van der Waals surface area contributed by atoms with Gasteiger partial charge >= 0.3 is 0 Å². The van der Waals surface area contributed by atoms with E-state index in [1.165, 1.54) is 24.4 Å². The number of aryl methyl sites for hydroxylation is 1. The molecule has 2 aromatic rings. The number of nitrogens with zero attached hydrogens (tertiary/aromatic N) is 1. The average molecular weight is 245 g/mol. The number of carbonyl (C=O) groups excluding carboxylic acids is 1. The molecule has 0 aliphatic heterocycles. The fourth-order valence-corrected chi connectivity index (χ4v) is 1.52. The normalized spacial score (nSPS) is 10.1. The first-order valence-corrected chi connectivity index (χ1v) is 5.36. The molecular formula is C13H12FN3O. The molecular weight excluding hydrogens is 233 g/mol. The fourth-order valence-electron chi connectivity index (χ4n) is 1.52. The molecule has 3 N–H and O–H groups in total. The van der Waals surface area contributed by atoms with Gasteiger partial charge in [-0.2, -0.15) is 0 Å². The Labute approximate surface area is 104 Å². The molecule has 1 heterocycles. The quantitative estimate of drug-likeness (QED) is 0.798. The van der Waals surface area contributed by atoms with Crippen LogP contribution in [0, 0.1) is 12.7 Å². The minimum Gasteiger partial charge on any atom is -0.396 e. The third-order valence-corrected chi connectivity index (χ3v) is 2.48. The van der Waals surface area contributed by atoms with Crippen molar-refractivity contribution in [2.75, 3.05) is 11.1 Å². The van der Waals surface area contributed by atoms with Crippen LogP contribution in [0.3, 0.4) is 0 Å². The molecule has 92 valence electrons. The van der Waals surface area contributed by atoms with Crippen LogP contribution >= 0.6 is 0 Å². The van der Waals surface area contributed by atoms with Gasteiger partial charge in [-0.15, -0.1) is 0 Å². The molecule has 0 saturated heterocycles. The highest BCUT2D eigenvalue weighted by Crippen LogP contribution is 2.16. The number of benzene rings is 1. The van der Waals surface area contributed by atoms with Crippen molar-refractivity contribution in [3.05, 3.63) is 53.6 Å². The number of nitrogen functional groups attached to an aromatic ring is 1. The number of hydrogen-bond acceptors (Lipinski definition) is 3. The van der Waals surface area contributed by atoms with Gasteiger partial charge in [0.1, 0.15) is 11.5 Å². The minimum absolute atomic E-state index is 0.0435. The van der Waals surface area contributed by atoms with E-state index in [-0.39, 0.29) is 11.6 Å². The van der Waals surface area contributed by atoms with Gasteiger partial charge in [-0.05, 0) is 36.8 Å². The van der Waals surface area contributed by atoms with Crippen LogP contribution in [0.1, 0.15) is 16.1 Å². The number of aromatic nitrogens is 1. The monoisotopic (exact) mass is 245 g/mol. The smallest absolute Gasteiger partial charge is 0.274 e. The summed E-state index contributed by atoms with van der Waals surface area (Å²) in [4.78, 5) is 15.9. The van der Waals surface area contributed by atoms with E-state index in [0.717, 1.165) is 5.56 Å². The van der Waals surface area contributed by atoms with E-state index in [2.05, 4.69) is 10.3 Å². The Hall–Kier alpha value is -2.43. The standard InChI is InChI=1S/C13H12FN3O/c1-8-3-2-6-16-12(8)13(18)17-9-4-5-11(15)10(14)7-9/h2-7H,15H2,1H3,(H,17,18). The molecule has 0 radical (unpaired) electrons. The van der Waals surface area contributed by atoms with Gasteiger partial charge in [-0.25, -0.2) is 4.39 Å². The lowest BCUT2D eigenvalue weighted by atomic mass is 10.2. The van der Waals surface area contributed by atoms with Crippen molar-refractivity contribution in [3.8, 4) is 0 Å². The van der Waals surface area contributed by atoms with Crippen LogP contribution in [-0.4, -0.2) is 10.9 Å². The van der Waals surface area contributed by atoms with Crippen LogP contribution in [0.4, 0.5) is 15.8 Å². The minimum atomic E-state index is -0.564. The Kier molecular flexibility index (Phi) is 3.23. The number of hydrogen-bond donors (Lipinski definition) is 2. The maximum absolute atomic E-state index is 13.2. The van der Waals surface area contributed by atoms with Crippen molar-refractivity contribution in [1.29, 1.82) is 0 Å². The summed E-state index contributed by atoms with van der Waals surface area (Å²) in [5, 5.41) is 2.57. The third-order valence-electron chi connectivity index (χ3n) is 2.48. The van der Waals surface area contributed by atoms with Gasteiger partial charge < -0.3 is 11.1 Å². The molecule has 0 atom stereocenters. The van der Waals surface area contributed by atoms with Crippen molar-refractivity contribution in [2.45, 2.75) is 6.92 Å². The summed E-state index contributed by atoms with van der Waals surface area (Å²) >= 11 is 0. The molecule has 1 amide bonds. The van der Waals surface area contributed by atoms with Gasteiger partial charge in [0.15, 0.2) is 0 Å². The zero-order chi connectivity index (χ0) is 13.1. The molecule has 5 heteroatoms. The van der Waals surface area contributed by atoms with Gasteiger partial charge in [-0.3, -0.25) is 9.78 Å². The molecule has 1 aromatic heterocycles. The lowest BCUT2D eigenvalue weighted by molar-refractivity contribution is 0.102. The molecule has 0 fully saturated rings. The molecule has 0 saturated carbocycles. The number of carbonyl (C=O) groups is 1. The molecule has 1 aromatic carbocycles. The van der Waals surface area contributed by atoms with Crippen LogP contribution in [0.5, 0.6) is 0 Å². The summed E-state index contributed by atoms with van der Waals surface area (Å²) in [5.41, 5.74) is 6.81. The van der Waals surface area contributed by atoms with Crippen molar-refractivity contribution < 1.29 is 9.18 Å². The Bertz CT molecular complexity index is 599. The lowest BCUT2D eigenvalue weighted by Gasteiger charge is -2.07. The highest BCUT2D eigenvalue weighted by Gasteiger charge is 2.10. The van der Waals surface area contributed by atoms with E-state index < -0.39 is 5.82 Å². The first-order valence-electron chi connectivity index (χ1n) is 5.36. The highest BCUT2D eigenvalue weighted by atomic mass is 19.1. The number of anilines is 2. The lowest BCUT2D eigenvalue weighted by Crippen LogP contribution is -2.15. The predicted octanol–water partition coefficient (Wildman–Crippen LogP) is 2.36. The zero-order valence-corrected chi connectivity index (χ0v) is 9.77. The van der Waals surface area contributed by atoms with E-state index in [1.807, 2.05) is 0 Å². The van der Waals surface area contributed by atoms with Gasteiger partial charge in [0.2, 0.25) is 0 Å². The maximum Gasteiger partial charge on any atom is 0.274 e. The Morgan fingerprint density at radius 1 is 1.39 bits per heavy atom. The first-order chi connectivity index (χ1) is 8.58. The third kappa shape index (κ3) is 2.45. The van der Waals surface area contributed by atoms with E-state index in [9.17, 15) is 9.18 Å². The first kappa shape index (κ1) is 12.0. The van der Waals surface area contributed by atoms with Crippen LogP contribution in [0.2, 0.25) is 0 Å². The molecule has 0 aliphatic carbocycles. The molecule has 4 nitrogen and oxygen atoms in total. The molecule has 2 rings (SSSR count). The topological polar surface area (TPSA) is 68.0 Å². The maximum atomic E-state index is 13.2. The van der Waals surface area contributed by atoms with E-state index in [4.69, 9.17) is 5.73 Å². The SMILES string of the molecule is Cc1cccnc1C(=O)Nc1ccc(N)c(F)c1. The van der Waals surface area contributed by atoms with E-state index >= 15 is 0 Å². The van der Waals surface area contributed by atoms with Crippen LogP contribution in [-0.2, 0) is 0 Å². The van der Waals surface area contributed by atoms with Crippen molar-refractivity contribution >= 4 is 17.3 Å². The van der Waals surface area contributed by atoms with Crippen molar-refractivity contribution in [3.63, 3.8) is 0 Å². The Morgan fingerprint density at radius 3 is 2.83 bits per heavy atom. The largest absolute Gasteiger partial charge is 0.396 e. The Morgan fingerprint density at radius 2 is 2.17 bits per heavy atom. The number of pyridine rings is 1. The summed E-state index contributed by atoms with van der Waals surface area (Å²) in [6, 6.07) is 7.64. The molecule has 18 heavy (non-hydrogen) atoms. The summed E-state index contributed by atoms with van der Waals surface area (Å²) in [6.45, 7) is 1.78. The number of rotatable bonds is 2. The second-order valence-electron chi connectivity index (χ2n) is 3.86. The van der Waals surface area contributed by atoms with Gasteiger partial charge in [-0.1, -0.05) is 6.07 Å². The van der Waals surface area contributed by atoms with Crippen LogP contribution in [0.25, 0.3) is 0 Å². The highest BCUT2D eigenvalue weighted by molar-refractivity contribution is 6.03. The summed E-state index contributed by atoms with van der Waals surface area (Å²) in [5.74, 6) is -0.942. The second kappa shape index (κ2) is 4.83. The molecule has 0 bridgehead atoms. The van der Waals surface area contributed by atoms with Crippen molar-refractivity contribution in [2.24, 2.45) is 0 Å². The number of nitrogens with two attached hydrogens (primary N) is 1. The molecule has 0 aliphatic rings. The zero-order valence-electron chi connectivity index (χ0n) is 9.77. The number of amides is 1.